The van der Waals surface area contributed by atoms with Crippen LogP contribution in [0.25, 0.3) is 0 Å². The monoisotopic (exact) mass is 263 g/mol. The van der Waals surface area contributed by atoms with Crippen LogP contribution in [-0.4, -0.2) is 9.55 Å². The van der Waals surface area contributed by atoms with Crippen molar-refractivity contribution in [1.29, 1.82) is 0 Å². The van der Waals surface area contributed by atoms with Gasteiger partial charge in [0.25, 0.3) is 0 Å². The van der Waals surface area contributed by atoms with E-state index in [1.165, 1.54) is 5.56 Å². The number of benzene rings is 1. The third-order valence-corrected chi connectivity index (χ3v) is 3.42. The van der Waals surface area contributed by atoms with Gasteiger partial charge in [0.05, 0.1) is 0 Å². The van der Waals surface area contributed by atoms with Crippen molar-refractivity contribution in [3.63, 3.8) is 0 Å². The van der Waals surface area contributed by atoms with Crippen LogP contribution in [-0.2, 0) is 13.0 Å². The zero-order valence-electron chi connectivity index (χ0n) is 10.7. The first-order valence-corrected chi connectivity index (χ1v) is 6.51. The number of hydrogen-bond acceptors (Lipinski definition) is 2. The van der Waals surface area contributed by atoms with Crippen molar-refractivity contribution in [1.82, 2.24) is 9.55 Å². The Labute approximate surface area is 113 Å². The Bertz CT molecular complexity index is 534. The van der Waals surface area contributed by atoms with Crippen LogP contribution >= 0.6 is 11.6 Å². The Balaban J connectivity index is 2.21. The summed E-state index contributed by atoms with van der Waals surface area (Å²) in [6.45, 7) is 5.07. The quantitative estimate of drug-likeness (QED) is 0.921. The fourth-order valence-corrected chi connectivity index (χ4v) is 2.32. The van der Waals surface area contributed by atoms with Crippen molar-refractivity contribution in [3.8, 4) is 0 Å². The molecule has 0 aliphatic heterocycles. The molecule has 0 aliphatic carbocycles. The van der Waals surface area contributed by atoms with Gasteiger partial charge in [0.2, 0.25) is 0 Å². The van der Waals surface area contributed by atoms with Crippen LogP contribution in [0.3, 0.4) is 0 Å². The van der Waals surface area contributed by atoms with Crippen molar-refractivity contribution in [2.24, 2.45) is 5.73 Å². The maximum absolute atomic E-state index is 6.27. The Hall–Kier alpha value is -1.32. The van der Waals surface area contributed by atoms with Gasteiger partial charge in [-0.2, -0.15) is 0 Å². The van der Waals surface area contributed by atoms with E-state index in [-0.39, 0.29) is 6.04 Å². The molecule has 18 heavy (non-hydrogen) atoms. The summed E-state index contributed by atoms with van der Waals surface area (Å²) in [5.41, 5.74) is 8.53. The minimum Gasteiger partial charge on any atom is -0.335 e. The van der Waals surface area contributed by atoms with E-state index in [9.17, 15) is 0 Å². The zero-order valence-corrected chi connectivity index (χ0v) is 11.5. The fourth-order valence-electron chi connectivity index (χ4n) is 2.14. The minimum absolute atomic E-state index is 0.0728. The number of nitrogens with zero attached hydrogens (tertiary/aromatic N) is 2. The van der Waals surface area contributed by atoms with Crippen molar-refractivity contribution in [2.45, 2.75) is 32.9 Å². The molecule has 0 fully saturated rings. The molecule has 1 unspecified atom stereocenters. The molecule has 1 aromatic carbocycles. The Morgan fingerprint density at radius 2 is 2.22 bits per heavy atom. The lowest BCUT2D eigenvalue weighted by Gasteiger charge is -2.15. The molecule has 0 aliphatic rings. The Morgan fingerprint density at radius 3 is 2.94 bits per heavy atom. The summed E-state index contributed by atoms with van der Waals surface area (Å²) < 4.78 is 2.11. The van der Waals surface area contributed by atoms with E-state index in [2.05, 4.69) is 23.4 Å². The van der Waals surface area contributed by atoms with Crippen LogP contribution in [0, 0.1) is 6.92 Å². The highest BCUT2D eigenvalue weighted by molar-refractivity contribution is 6.30. The molecule has 0 spiro atoms. The number of hydrogen-bond donors (Lipinski definition) is 1. The lowest BCUT2D eigenvalue weighted by molar-refractivity contribution is 0.626. The molecule has 96 valence electrons. The molecule has 2 rings (SSSR count). The number of rotatable bonds is 4. The molecule has 2 N–H and O–H groups in total. The van der Waals surface area contributed by atoms with E-state index in [0.29, 0.717) is 0 Å². The molecule has 4 heteroatoms. The molecular formula is C14H18ClN3. The normalized spacial score (nSPS) is 12.7. The highest BCUT2D eigenvalue weighted by Crippen LogP contribution is 2.22. The van der Waals surface area contributed by atoms with Crippen molar-refractivity contribution >= 4 is 11.6 Å². The largest absolute Gasteiger partial charge is 0.335 e. The highest BCUT2D eigenvalue weighted by atomic mass is 35.5. The Kier molecular flexibility index (Phi) is 4.04. The van der Waals surface area contributed by atoms with E-state index in [1.54, 1.807) is 0 Å². The van der Waals surface area contributed by atoms with E-state index >= 15 is 0 Å². The smallest absolute Gasteiger partial charge is 0.110 e. The lowest BCUT2D eigenvalue weighted by atomic mass is 9.99. The van der Waals surface area contributed by atoms with Crippen LogP contribution in [0.15, 0.2) is 30.6 Å². The molecule has 0 saturated heterocycles. The molecule has 0 amide bonds. The second-order valence-electron chi connectivity index (χ2n) is 4.44. The van der Waals surface area contributed by atoms with Gasteiger partial charge in [-0.3, -0.25) is 0 Å². The van der Waals surface area contributed by atoms with Gasteiger partial charge >= 0.3 is 0 Å². The molecular weight excluding hydrogens is 246 g/mol. The van der Waals surface area contributed by atoms with Gasteiger partial charge in [-0.15, -0.1) is 0 Å². The molecule has 0 bridgehead atoms. The number of imidazole rings is 1. The summed E-state index contributed by atoms with van der Waals surface area (Å²) in [7, 11) is 0. The van der Waals surface area contributed by atoms with Crippen molar-refractivity contribution in [3.05, 3.63) is 52.6 Å². The van der Waals surface area contributed by atoms with E-state index in [0.717, 1.165) is 29.4 Å². The molecule has 1 atom stereocenters. The molecule has 0 saturated carbocycles. The summed E-state index contributed by atoms with van der Waals surface area (Å²) in [5.74, 6) is 1.02. The minimum atomic E-state index is -0.0728. The second-order valence-corrected chi connectivity index (χ2v) is 4.88. The summed E-state index contributed by atoms with van der Waals surface area (Å²) in [4.78, 5) is 4.35. The van der Waals surface area contributed by atoms with E-state index in [1.807, 2.05) is 30.6 Å². The van der Waals surface area contributed by atoms with Crippen molar-refractivity contribution in [2.75, 3.05) is 0 Å². The van der Waals surface area contributed by atoms with Gasteiger partial charge in [0.1, 0.15) is 5.82 Å². The van der Waals surface area contributed by atoms with E-state index in [4.69, 9.17) is 17.3 Å². The second kappa shape index (κ2) is 5.55. The van der Waals surface area contributed by atoms with Crippen molar-refractivity contribution < 1.29 is 0 Å². The van der Waals surface area contributed by atoms with Gasteiger partial charge in [0, 0.05) is 36.4 Å². The predicted octanol–water partition coefficient (Wildman–Crippen LogP) is 3.11. The average molecular weight is 264 g/mol. The number of nitrogens with two attached hydrogens (primary N) is 1. The number of halogens is 1. The number of aryl methyl sites for hydroxylation is 2. The molecule has 1 aromatic heterocycles. The molecule has 3 nitrogen and oxygen atoms in total. The first-order chi connectivity index (χ1) is 8.61. The molecule has 2 aromatic rings. The van der Waals surface area contributed by atoms with E-state index < -0.39 is 0 Å². The summed E-state index contributed by atoms with van der Waals surface area (Å²) in [6, 6.07) is 5.77. The van der Waals surface area contributed by atoms with Crippen LogP contribution < -0.4 is 5.73 Å². The van der Waals surface area contributed by atoms with Gasteiger partial charge in [0.15, 0.2) is 0 Å². The van der Waals surface area contributed by atoms with Gasteiger partial charge in [-0.25, -0.2) is 4.98 Å². The topological polar surface area (TPSA) is 43.8 Å². The standard InChI is InChI=1S/C14H18ClN3/c1-3-18-7-6-17-14(18)9-13(16)12-8-11(15)5-4-10(12)2/h4-8,13H,3,9,16H2,1-2H3. The zero-order chi connectivity index (χ0) is 13.1. The Morgan fingerprint density at radius 1 is 1.44 bits per heavy atom. The summed E-state index contributed by atoms with van der Waals surface area (Å²) in [6.07, 6.45) is 4.52. The number of aromatic nitrogens is 2. The van der Waals surface area contributed by atoms with Crippen LogP contribution in [0.2, 0.25) is 5.02 Å². The van der Waals surface area contributed by atoms with Gasteiger partial charge in [-0.05, 0) is 37.1 Å². The maximum Gasteiger partial charge on any atom is 0.110 e. The van der Waals surface area contributed by atoms with Crippen LogP contribution in [0.4, 0.5) is 0 Å². The lowest BCUT2D eigenvalue weighted by Crippen LogP contribution is -2.17. The third kappa shape index (κ3) is 2.74. The SMILES string of the molecule is CCn1ccnc1CC(N)c1cc(Cl)ccc1C. The predicted molar refractivity (Wildman–Crippen MR) is 74.7 cm³/mol. The van der Waals surface area contributed by atoms with Crippen LogP contribution in [0.5, 0.6) is 0 Å². The van der Waals surface area contributed by atoms with Gasteiger partial charge in [-0.1, -0.05) is 17.7 Å². The van der Waals surface area contributed by atoms with Gasteiger partial charge < -0.3 is 10.3 Å². The first kappa shape index (κ1) is 13.1. The van der Waals surface area contributed by atoms with Crippen LogP contribution in [0.1, 0.15) is 29.9 Å². The highest BCUT2D eigenvalue weighted by Gasteiger charge is 2.13. The summed E-state index contributed by atoms with van der Waals surface area (Å²) in [5, 5.41) is 0.727. The molecule has 0 radical (unpaired) electrons. The third-order valence-electron chi connectivity index (χ3n) is 3.19. The maximum atomic E-state index is 6.27. The average Bonchev–Trinajstić information content (AvgIpc) is 2.79. The fraction of sp³-hybridized carbons (Fsp3) is 0.357. The summed E-state index contributed by atoms with van der Waals surface area (Å²) >= 11 is 6.02. The first-order valence-electron chi connectivity index (χ1n) is 6.13. The molecule has 1 heterocycles.